The minimum atomic E-state index is -0.312. The number of rotatable bonds is 4. The number of fused-ring (bicyclic) bond motifs is 1. The number of likely N-dealkylation sites (N-methyl/N-ethyl adjacent to an activating group) is 1. The molecule has 1 aliphatic rings. The van der Waals surface area contributed by atoms with Crippen LogP contribution >= 0.6 is 0 Å². The number of amides is 1. The van der Waals surface area contributed by atoms with Gasteiger partial charge >= 0.3 is 0 Å². The van der Waals surface area contributed by atoms with Crippen molar-refractivity contribution in [1.82, 2.24) is 29.5 Å². The standard InChI is InChI=1S/C17H20N8O/c1-23(2)12-6-8-24(10-12)16-4-3-15-19-9-13(25(15)22-16)17(26)21-14-5-7-18-11-20-14/h3-5,7,9,11-12H,6,8,10H2,1-2H3,(H,18,20,21,26)/t12-/m0/s1. The number of aromatic nitrogens is 5. The number of hydrogen-bond acceptors (Lipinski definition) is 7. The van der Waals surface area contributed by atoms with Gasteiger partial charge in [-0.05, 0) is 38.7 Å². The number of anilines is 2. The molecule has 0 unspecified atom stereocenters. The molecule has 1 amide bonds. The van der Waals surface area contributed by atoms with Gasteiger partial charge in [-0.1, -0.05) is 0 Å². The normalized spacial score (nSPS) is 17.2. The fourth-order valence-corrected chi connectivity index (χ4v) is 3.10. The van der Waals surface area contributed by atoms with Crippen LogP contribution in [0.15, 0.2) is 36.9 Å². The first-order valence-electron chi connectivity index (χ1n) is 8.45. The van der Waals surface area contributed by atoms with E-state index >= 15 is 0 Å². The lowest BCUT2D eigenvalue weighted by atomic mass is 10.2. The average Bonchev–Trinajstić information content (AvgIpc) is 3.29. The fourth-order valence-electron chi connectivity index (χ4n) is 3.10. The van der Waals surface area contributed by atoms with E-state index in [1.165, 1.54) is 12.5 Å². The first kappa shape index (κ1) is 16.4. The van der Waals surface area contributed by atoms with E-state index in [9.17, 15) is 4.79 Å². The second-order valence-electron chi connectivity index (χ2n) is 6.51. The van der Waals surface area contributed by atoms with Crippen molar-refractivity contribution in [1.29, 1.82) is 0 Å². The van der Waals surface area contributed by atoms with Crippen LogP contribution in [-0.4, -0.2) is 68.6 Å². The fraction of sp³-hybridized carbons (Fsp3) is 0.353. The lowest BCUT2D eigenvalue weighted by Crippen LogP contribution is -2.32. The van der Waals surface area contributed by atoms with Crippen molar-refractivity contribution in [3.63, 3.8) is 0 Å². The molecule has 0 radical (unpaired) electrons. The van der Waals surface area contributed by atoms with Gasteiger partial charge in [0, 0.05) is 25.3 Å². The van der Waals surface area contributed by atoms with Crippen LogP contribution in [0.25, 0.3) is 5.65 Å². The molecule has 4 heterocycles. The Morgan fingerprint density at radius 3 is 2.88 bits per heavy atom. The van der Waals surface area contributed by atoms with Crippen molar-refractivity contribution in [2.45, 2.75) is 12.5 Å². The summed E-state index contributed by atoms with van der Waals surface area (Å²) in [4.78, 5) is 29.2. The molecule has 134 valence electrons. The summed E-state index contributed by atoms with van der Waals surface area (Å²) in [6, 6.07) is 5.97. The minimum Gasteiger partial charge on any atom is -0.354 e. The molecular formula is C17H20N8O. The Balaban J connectivity index is 1.60. The molecule has 3 aromatic heterocycles. The van der Waals surface area contributed by atoms with E-state index in [4.69, 9.17) is 0 Å². The molecule has 0 spiro atoms. The molecule has 1 aliphatic heterocycles. The molecule has 0 aliphatic carbocycles. The van der Waals surface area contributed by atoms with E-state index in [2.05, 4.69) is 49.3 Å². The molecule has 0 aromatic carbocycles. The molecule has 1 atom stereocenters. The summed E-state index contributed by atoms with van der Waals surface area (Å²) in [6.07, 6.45) is 5.57. The molecule has 3 aromatic rings. The Bertz CT molecular complexity index is 923. The highest BCUT2D eigenvalue weighted by Crippen LogP contribution is 2.21. The van der Waals surface area contributed by atoms with Crippen molar-refractivity contribution in [3.8, 4) is 0 Å². The van der Waals surface area contributed by atoms with E-state index < -0.39 is 0 Å². The Labute approximate surface area is 150 Å². The van der Waals surface area contributed by atoms with Crippen LogP contribution in [0.4, 0.5) is 11.6 Å². The van der Waals surface area contributed by atoms with Crippen LogP contribution in [0.5, 0.6) is 0 Å². The zero-order chi connectivity index (χ0) is 18.1. The number of imidazole rings is 1. The predicted molar refractivity (Wildman–Crippen MR) is 97.3 cm³/mol. The Kier molecular flexibility index (Phi) is 4.21. The van der Waals surface area contributed by atoms with Gasteiger partial charge in [-0.15, -0.1) is 5.10 Å². The summed E-state index contributed by atoms with van der Waals surface area (Å²) < 4.78 is 1.58. The van der Waals surface area contributed by atoms with Gasteiger partial charge in [0.1, 0.15) is 18.0 Å². The zero-order valence-electron chi connectivity index (χ0n) is 14.7. The third-order valence-corrected chi connectivity index (χ3v) is 4.62. The third kappa shape index (κ3) is 3.08. The lowest BCUT2D eigenvalue weighted by molar-refractivity contribution is 0.102. The van der Waals surface area contributed by atoms with E-state index in [0.29, 0.717) is 23.2 Å². The van der Waals surface area contributed by atoms with Crippen LogP contribution in [0.1, 0.15) is 16.9 Å². The van der Waals surface area contributed by atoms with Gasteiger partial charge in [0.25, 0.3) is 5.91 Å². The second kappa shape index (κ2) is 6.68. The first-order valence-corrected chi connectivity index (χ1v) is 8.45. The zero-order valence-corrected chi connectivity index (χ0v) is 14.7. The molecule has 1 N–H and O–H groups in total. The number of carbonyl (C=O) groups excluding carboxylic acids is 1. The molecule has 9 nitrogen and oxygen atoms in total. The monoisotopic (exact) mass is 352 g/mol. The highest BCUT2D eigenvalue weighted by Gasteiger charge is 2.25. The van der Waals surface area contributed by atoms with Crippen LogP contribution < -0.4 is 10.2 Å². The third-order valence-electron chi connectivity index (χ3n) is 4.62. The van der Waals surface area contributed by atoms with Crippen molar-refractivity contribution in [2.24, 2.45) is 0 Å². The maximum atomic E-state index is 12.6. The van der Waals surface area contributed by atoms with Crippen LogP contribution in [0.2, 0.25) is 0 Å². The number of carbonyl (C=O) groups is 1. The van der Waals surface area contributed by atoms with Gasteiger partial charge < -0.3 is 15.1 Å². The minimum absolute atomic E-state index is 0.312. The van der Waals surface area contributed by atoms with E-state index in [1.807, 2.05) is 12.1 Å². The molecule has 0 bridgehead atoms. The van der Waals surface area contributed by atoms with E-state index in [0.717, 1.165) is 25.3 Å². The maximum absolute atomic E-state index is 12.6. The van der Waals surface area contributed by atoms with Gasteiger partial charge in [0.05, 0.1) is 6.20 Å². The topological polar surface area (TPSA) is 91.5 Å². The maximum Gasteiger partial charge on any atom is 0.277 e. The molecular weight excluding hydrogens is 332 g/mol. The smallest absolute Gasteiger partial charge is 0.277 e. The highest BCUT2D eigenvalue weighted by molar-refractivity contribution is 6.02. The summed E-state index contributed by atoms with van der Waals surface area (Å²) in [5.41, 5.74) is 0.994. The van der Waals surface area contributed by atoms with Crippen molar-refractivity contribution in [3.05, 3.63) is 42.6 Å². The predicted octanol–water partition coefficient (Wildman–Crippen LogP) is 0.912. The SMILES string of the molecule is CN(C)[C@H]1CCN(c2ccc3ncc(C(=O)Nc4ccncn4)n3n2)C1. The number of nitrogens with one attached hydrogen (secondary N) is 1. The Hall–Kier alpha value is -3.07. The molecule has 1 fully saturated rings. The Morgan fingerprint density at radius 2 is 2.15 bits per heavy atom. The number of nitrogens with zero attached hydrogens (tertiary/aromatic N) is 7. The van der Waals surface area contributed by atoms with Gasteiger partial charge in [-0.2, -0.15) is 0 Å². The van der Waals surface area contributed by atoms with Crippen LogP contribution in [0.3, 0.4) is 0 Å². The summed E-state index contributed by atoms with van der Waals surface area (Å²) in [5.74, 6) is 0.967. The first-order chi connectivity index (χ1) is 12.6. The van der Waals surface area contributed by atoms with Crippen molar-refractivity contribution < 1.29 is 4.79 Å². The van der Waals surface area contributed by atoms with Gasteiger partial charge in [-0.25, -0.2) is 19.5 Å². The largest absolute Gasteiger partial charge is 0.354 e. The summed E-state index contributed by atoms with van der Waals surface area (Å²) in [5, 5.41) is 7.38. The van der Waals surface area contributed by atoms with Gasteiger partial charge in [-0.3, -0.25) is 4.79 Å². The summed E-state index contributed by atoms with van der Waals surface area (Å²) in [7, 11) is 4.19. The Morgan fingerprint density at radius 1 is 1.27 bits per heavy atom. The second-order valence-corrected chi connectivity index (χ2v) is 6.51. The quantitative estimate of drug-likeness (QED) is 0.746. The molecule has 9 heteroatoms. The van der Waals surface area contributed by atoms with Crippen LogP contribution in [-0.2, 0) is 0 Å². The molecule has 26 heavy (non-hydrogen) atoms. The number of hydrogen-bond donors (Lipinski definition) is 1. The highest BCUT2D eigenvalue weighted by atomic mass is 16.2. The van der Waals surface area contributed by atoms with Gasteiger partial charge in [0.2, 0.25) is 0 Å². The molecule has 0 saturated carbocycles. The molecule has 4 rings (SSSR count). The van der Waals surface area contributed by atoms with Crippen molar-refractivity contribution >= 4 is 23.2 Å². The van der Waals surface area contributed by atoms with E-state index in [-0.39, 0.29) is 5.91 Å². The summed E-state index contributed by atoms with van der Waals surface area (Å²) in [6.45, 7) is 1.86. The average molecular weight is 352 g/mol. The van der Waals surface area contributed by atoms with E-state index in [1.54, 1.807) is 16.8 Å². The van der Waals surface area contributed by atoms with Crippen molar-refractivity contribution in [2.75, 3.05) is 37.4 Å². The van der Waals surface area contributed by atoms with Crippen LogP contribution in [0, 0.1) is 0 Å². The summed E-state index contributed by atoms with van der Waals surface area (Å²) >= 11 is 0. The lowest BCUT2D eigenvalue weighted by Gasteiger charge is -2.21. The molecule has 1 saturated heterocycles. The van der Waals surface area contributed by atoms with Gasteiger partial charge in [0.15, 0.2) is 11.3 Å².